The number of ether oxygens (including phenoxy) is 1. The third-order valence-corrected chi connectivity index (χ3v) is 8.46. The number of hydrogen-bond donors (Lipinski definition) is 3. The highest BCUT2D eigenvalue weighted by Gasteiger charge is 2.43. The van der Waals surface area contributed by atoms with Gasteiger partial charge in [-0.1, -0.05) is 73.5 Å². The number of carbonyl (C=O) groups is 2. The van der Waals surface area contributed by atoms with Gasteiger partial charge in [-0.05, 0) is 31.2 Å². The van der Waals surface area contributed by atoms with Gasteiger partial charge in [0.1, 0.15) is 5.60 Å². The van der Waals surface area contributed by atoms with E-state index in [4.69, 9.17) is 9.84 Å². The molecule has 1 aromatic heterocycles. The first-order chi connectivity index (χ1) is 20.4. The Morgan fingerprint density at radius 2 is 1.76 bits per heavy atom. The number of rotatable bonds is 10. The molecule has 3 N–H and O–H groups in total. The molecule has 10 heteroatoms. The van der Waals surface area contributed by atoms with Gasteiger partial charge in [-0.3, -0.25) is 4.79 Å². The van der Waals surface area contributed by atoms with E-state index in [-0.39, 0.29) is 56.5 Å². The van der Waals surface area contributed by atoms with Crippen molar-refractivity contribution in [3.8, 4) is 11.3 Å². The van der Waals surface area contributed by atoms with Crippen LogP contribution >= 0.6 is 0 Å². The Morgan fingerprint density at radius 3 is 2.48 bits per heavy atom. The van der Waals surface area contributed by atoms with Gasteiger partial charge in [-0.2, -0.15) is 0 Å². The van der Waals surface area contributed by atoms with Crippen molar-refractivity contribution in [2.24, 2.45) is 0 Å². The maximum Gasteiger partial charge on any atom is 0.407 e. The van der Waals surface area contributed by atoms with E-state index < -0.39 is 11.7 Å². The SMILES string of the molecule is O=C(O)N1CCN(C(=O)c2ncn(C3CCCCC3(O)COCCCO)c2-c2ccccc2)[C@H](Cc2ccccc2)C1. The zero-order chi connectivity index (χ0) is 29.5. The van der Waals surface area contributed by atoms with E-state index in [1.165, 1.54) is 4.90 Å². The Balaban J connectivity index is 1.50. The van der Waals surface area contributed by atoms with Gasteiger partial charge in [0.25, 0.3) is 5.91 Å². The second-order valence-electron chi connectivity index (χ2n) is 11.3. The monoisotopic (exact) mass is 576 g/mol. The predicted octanol–water partition coefficient (Wildman–Crippen LogP) is 3.84. The molecule has 2 fully saturated rings. The lowest BCUT2D eigenvalue weighted by Gasteiger charge is -2.41. The Hall–Kier alpha value is -3.73. The number of piperazine rings is 1. The highest BCUT2D eigenvalue weighted by Crippen LogP contribution is 2.41. The summed E-state index contributed by atoms with van der Waals surface area (Å²) >= 11 is 0. The summed E-state index contributed by atoms with van der Waals surface area (Å²) in [7, 11) is 0. The van der Waals surface area contributed by atoms with Gasteiger partial charge in [0.2, 0.25) is 0 Å². The van der Waals surface area contributed by atoms with Gasteiger partial charge in [-0.25, -0.2) is 9.78 Å². The molecule has 2 aliphatic rings. The normalized spacial score (nSPS) is 22.7. The van der Waals surface area contributed by atoms with E-state index >= 15 is 0 Å². The molecule has 0 bridgehead atoms. The van der Waals surface area contributed by atoms with Crippen LogP contribution in [0.4, 0.5) is 4.79 Å². The van der Waals surface area contributed by atoms with Crippen LogP contribution in [0, 0.1) is 0 Å². The van der Waals surface area contributed by atoms with Gasteiger partial charge < -0.3 is 34.4 Å². The Labute approximate surface area is 246 Å². The number of aromatic nitrogens is 2. The van der Waals surface area contributed by atoms with Crippen LogP contribution in [0.15, 0.2) is 67.0 Å². The highest BCUT2D eigenvalue weighted by atomic mass is 16.5. The van der Waals surface area contributed by atoms with Crippen LogP contribution < -0.4 is 0 Å². The second kappa shape index (κ2) is 13.5. The van der Waals surface area contributed by atoms with E-state index in [9.17, 15) is 19.8 Å². The molecule has 0 radical (unpaired) electrons. The molecule has 2 aromatic carbocycles. The van der Waals surface area contributed by atoms with Gasteiger partial charge in [0.05, 0.1) is 30.7 Å². The molecule has 42 heavy (non-hydrogen) atoms. The summed E-state index contributed by atoms with van der Waals surface area (Å²) in [6, 6.07) is 18.7. The first kappa shape index (κ1) is 29.8. The van der Waals surface area contributed by atoms with Crippen LogP contribution in [-0.4, -0.2) is 97.8 Å². The van der Waals surface area contributed by atoms with Crippen molar-refractivity contribution in [1.82, 2.24) is 19.4 Å². The zero-order valence-electron chi connectivity index (χ0n) is 23.8. The lowest BCUT2D eigenvalue weighted by molar-refractivity contribution is -0.100. The fraction of sp³-hybridized carbons (Fsp3) is 0.469. The van der Waals surface area contributed by atoms with Gasteiger partial charge in [0, 0.05) is 38.4 Å². The summed E-state index contributed by atoms with van der Waals surface area (Å²) in [5.74, 6) is -0.253. The highest BCUT2D eigenvalue weighted by molar-refractivity contribution is 5.98. The number of aliphatic hydroxyl groups excluding tert-OH is 1. The summed E-state index contributed by atoms with van der Waals surface area (Å²) in [6.07, 6.45) is 4.74. The fourth-order valence-corrected chi connectivity index (χ4v) is 6.31. The molecule has 0 spiro atoms. The standard InChI is InChI=1S/C32H40N4O6/c37-18-9-19-42-22-32(41)15-8-7-14-27(32)36-23-33-28(29(36)25-12-5-2-6-13-25)30(38)35-17-16-34(31(39)40)21-26(35)20-24-10-3-1-4-11-24/h1-6,10-13,23,26-27,37,41H,7-9,14-22H2,(H,39,40)/t26-,27?,32?/m1/s1. The molecule has 1 aliphatic carbocycles. The number of carboxylic acid groups (broad SMARTS) is 1. The molecular weight excluding hydrogens is 536 g/mol. The fourth-order valence-electron chi connectivity index (χ4n) is 6.31. The zero-order valence-corrected chi connectivity index (χ0v) is 23.8. The van der Waals surface area contributed by atoms with Gasteiger partial charge in [0.15, 0.2) is 5.69 Å². The molecule has 10 nitrogen and oxygen atoms in total. The van der Waals surface area contributed by atoms with E-state index in [1.54, 1.807) is 11.2 Å². The molecule has 2 heterocycles. The molecule has 3 atom stereocenters. The molecule has 1 aliphatic heterocycles. The molecule has 224 valence electrons. The van der Waals surface area contributed by atoms with Crippen LogP contribution in [0.1, 0.15) is 54.2 Å². The summed E-state index contributed by atoms with van der Waals surface area (Å²) in [6.45, 7) is 1.21. The number of benzene rings is 2. The second-order valence-corrected chi connectivity index (χ2v) is 11.3. The average molecular weight is 577 g/mol. The topological polar surface area (TPSA) is 128 Å². The maximum atomic E-state index is 14.3. The molecule has 3 aromatic rings. The molecule has 1 saturated heterocycles. The molecular formula is C32H40N4O6. The molecule has 2 unspecified atom stereocenters. The average Bonchev–Trinajstić information content (AvgIpc) is 3.45. The van der Waals surface area contributed by atoms with Gasteiger partial charge >= 0.3 is 6.09 Å². The number of aliphatic hydroxyl groups is 2. The van der Waals surface area contributed by atoms with Crippen LogP contribution in [0.2, 0.25) is 0 Å². The van der Waals surface area contributed by atoms with Crippen LogP contribution in [0.5, 0.6) is 0 Å². The minimum atomic E-state index is -1.15. The summed E-state index contributed by atoms with van der Waals surface area (Å²) in [5, 5.41) is 30.7. The van der Waals surface area contributed by atoms with Crippen molar-refractivity contribution in [3.63, 3.8) is 0 Å². The summed E-state index contributed by atoms with van der Waals surface area (Å²) < 4.78 is 7.73. The van der Waals surface area contributed by atoms with E-state index in [0.29, 0.717) is 38.0 Å². The number of imidazole rings is 1. The number of hydrogen-bond acceptors (Lipinski definition) is 6. The third kappa shape index (κ3) is 6.51. The quantitative estimate of drug-likeness (QED) is 0.313. The van der Waals surface area contributed by atoms with E-state index in [2.05, 4.69) is 4.98 Å². The van der Waals surface area contributed by atoms with Crippen LogP contribution in [0.3, 0.4) is 0 Å². The Morgan fingerprint density at radius 1 is 1.02 bits per heavy atom. The minimum Gasteiger partial charge on any atom is -0.465 e. The van der Waals surface area contributed by atoms with Crippen molar-refractivity contribution in [2.45, 2.75) is 56.2 Å². The lowest BCUT2D eigenvalue weighted by Crippen LogP contribution is -2.57. The lowest BCUT2D eigenvalue weighted by atomic mass is 9.80. The Kier molecular flexibility index (Phi) is 9.56. The maximum absolute atomic E-state index is 14.3. The van der Waals surface area contributed by atoms with Crippen LogP contribution in [-0.2, 0) is 11.2 Å². The number of nitrogens with zero attached hydrogens (tertiary/aromatic N) is 4. The summed E-state index contributed by atoms with van der Waals surface area (Å²) in [5.41, 5.74) is 1.62. The van der Waals surface area contributed by atoms with Crippen LogP contribution in [0.25, 0.3) is 11.3 Å². The molecule has 2 amide bonds. The van der Waals surface area contributed by atoms with E-state index in [0.717, 1.165) is 24.0 Å². The van der Waals surface area contributed by atoms with Gasteiger partial charge in [-0.15, -0.1) is 0 Å². The predicted molar refractivity (Wildman–Crippen MR) is 157 cm³/mol. The first-order valence-corrected chi connectivity index (χ1v) is 14.8. The van der Waals surface area contributed by atoms with Crippen molar-refractivity contribution in [3.05, 3.63) is 78.2 Å². The van der Waals surface area contributed by atoms with E-state index in [1.807, 2.05) is 65.2 Å². The van der Waals surface area contributed by atoms with Crippen molar-refractivity contribution in [2.75, 3.05) is 39.5 Å². The minimum absolute atomic E-state index is 0.0268. The molecule has 1 saturated carbocycles. The molecule has 5 rings (SSSR count). The summed E-state index contributed by atoms with van der Waals surface area (Å²) in [4.78, 5) is 34.0. The Bertz CT molecular complexity index is 1330. The van der Waals surface area contributed by atoms with Crippen molar-refractivity contribution < 1.29 is 29.6 Å². The van der Waals surface area contributed by atoms with Crippen molar-refractivity contribution in [1.29, 1.82) is 0 Å². The largest absolute Gasteiger partial charge is 0.465 e. The first-order valence-electron chi connectivity index (χ1n) is 14.8. The smallest absolute Gasteiger partial charge is 0.407 e. The third-order valence-electron chi connectivity index (χ3n) is 8.46. The number of carbonyl (C=O) groups excluding carboxylic acids is 1. The van der Waals surface area contributed by atoms with Crippen molar-refractivity contribution >= 4 is 12.0 Å². The number of amides is 2.